The van der Waals surface area contributed by atoms with Crippen molar-refractivity contribution < 1.29 is 4.79 Å². The third kappa shape index (κ3) is 2.34. The molecule has 0 aromatic heterocycles. The van der Waals surface area contributed by atoms with E-state index in [0.717, 1.165) is 5.56 Å². The summed E-state index contributed by atoms with van der Waals surface area (Å²) in [6.07, 6.45) is 0. The Balaban J connectivity index is 3.14. The number of benzene rings is 1. The van der Waals surface area contributed by atoms with Crippen LogP contribution in [-0.2, 0) is 0 Å². The van der Waals surface area contributed by atoms with Crippen molar-refractivity contribution in [2.45, 2.75) is 27.7 Å². The largest absolute Gasteiger partial charge is 0.399 e. The lowest BCUT2D eigenvalue weighted by Gasteiger charge is -2.17. The number of carbonyl (C=O) groups is 1. The number of nitrogen functional groups attached to an aromatic ring is 1. The molecule has 76 valence electrons. The van der Waals surface area contributed by atoms with Crippen molar-refractivity contribution in [3.63, 3.8) is 0 Å². The molecule has 0 unspecified atom stereocenters. The van der Waals surface area contributed by atoms with Gasteiger partial charge in [0.15, 0.2) is 5.78 Å². The second-order valence-corrected chi connectivity index (χ2v) is 4.71. The molecule has 0 aliphatic heterocycles. The Morgan fingerprint density at radius 3 is 2.21 bits per heavy atom. The number of aryl methyl sites for hydroxylation is 1. The first-order chi connectivity index (χ1) is 6.30. The third-order valence-corrected chi connectivity index (χ3v) is 2.04. The van der Waals surface area contributed by atoms with Gasteiger partial charge in [-0.05, 0) is 30.7 Å². The topological polar surface area (TPSA) is 43.1 Å². The fourth-order valence-electron chi connectivity index (χ4n) is 1.38. The molecule has 2 N–H and O–H groups in total. The fraction of sp³-hybridized carbons (Fsp3) is 0.417. The zero-order valence-electron chi connectivity index (χ0n) is 9.22. The molecule has 0 heterocycles. The highest BCUT2D eigenvalue weighted by atomic mass is 16.1. The van der Waals surface area contributed by atoms with Crippen LogP contribution in [0.1, 0.15) is 36.7 Å². The minimum Gasteiger partial charge on any atom is -0.399 e. The summed E-state index contributed by atoms with van der Waals surface area (Å²) in [5, 5.41) is 0. The molecular weight excluding hydrogens is 174 g/mol. The lowest BCUT2D eigenvalue weighted by molar-refractivity contribution is 0.0858. The maximum absolute atomic E-state index is 11.9. The number of hydrogen-bond donors (Lipinski definition) is 1. The highest BCUT2D eigenvalue weighted by Gasteiger charge is 2.22. The van der Waals surface area contributed by atoms with Gasteiger partial charge in [-0.3, -0.25) is 4.79 Å². The molecule has 0 bridgehead atoms. The summed E-state index contributed by atoms with van der Waals surface area (Å²) in [5.41, 5.74) is 7.72. The minimum atomic E-state index is -0.347. The van der Waals surface area contributed by atoms with E-state index in [4.69, 9.17) is 5.73 Å². The van der Waals surface area contributed by atoms with Crippen LogP contribution in [0.15, 0.2) is 18.2 Å². The molecule has 2 nitrogen and oxygen atoms in total. The van der Waals surface area contributed by atoms with Gasteiger partial charge in [-0.2, -0.15) is 0 Å². The van der Waals surface area contributed by atoms with Crippen molar-refractivity contribution in [2.75, 3.05) is 5.73 Å². The predicted octanol–water partition coefficient (Wildman–Crippen LogP) is 2.81. The predicted molar refractivity (Wildman–Crippen MR) is 59.4 cm³/mol. The van der Waals surface area contributed by atoms with Crippen molar-refractivity contribution in [3.05, 3.63) is 29.3 Å². The van der Waals surface area contributed by atoms with Crippen LogP contribution in [0.5, 0.6) is 0 Å². The first-order valence-electron chi connectivity index (χ1n) is 4.72. The molecule has 0 aliphatic carbocycles. The number of rotatable bonds is 1. The quantitative estimate of drug-likeness (QED) is 0.548. The summed E-state index contributed by atoms with van der Waals surface area (Å²) in [4.78, 5) is 11.9. The van der Waals surface area contributed by atoms with Gasteiger partial charge in [-0.25, -0.2) is 0 Å². The number of anilines is 1. The second-order valence-electron chi connectivity index (χ2n) is 4.71. The van der Waals surface area contributed by atoms with Crippen LogP contribution in [0.2, 0.25) is 0 Å². The Kier molecular flexibility index (Phi) is 2.65. The highest BCUT2D eigenvalue weighted by Crippen LogP contribution is 2.22. The van der Waals surface area contributed by atoms with Gasteiger partial charge >= 0.3 is 0 Å². The molecule has 0 aliphatic rings. The van der Waals surface area contributed by atoms with Crippen LogP contribution >= 0.6 is 0 Å². The lowest BCUT2D eigenvalue weighted by atomic mass is 9.86. The smallest absolute Gasteiger partial charge is 0.168 e. The Hall–Kier alpha value is -1.31. The molecule has 0 amide bonds. The monoisotopic (exact) mass is 191 g/mol. The van der Waals surface area contributed by atoms with E-state index in [1.807, 2.05) is 39.8 Å². The Bertz CT molecular complexity index is 341. The van der Waals surface area contributed by atoms with E-state index in [0.29, 0.717) is 11.3 Å². The van der Waals surface area contributed by atoms with Gasteiger partial charge < -0.3 is 5.73 Å². The van der Waals surface area contributed by atoms with Crippen LogP contribution < -0.4 is 5.73 Å². The van der Waals surface area contributed by atoms with Crippen LogP contribution in [0.3, 0.4) is 0 Å². The summed E-state index contributed by atoms with van der Waals surface area (Å²) in [7, 11) is 0. The molecule has 0 spiro atoms. The van der Waals surface area contributed by atoms with Crippen LogP contribution in [-0.4, -0.2) is 5.78 Å². The third-order valence-electron chi connectivity index (χ3n) is 2.04. The normalized spacial score (nSPS) is 11.4. The lowest BCUT2D eigenvalue weighted by Crippen LogP contribution is -2.20. The van der Waals surface area contributed by atoms with Crippen molar-refractivity contribution in [3.8, 4) is 0 Å². The number of nitrogens with two attached hydrogens (primary N) is 1. The minimum absolute atomic E-state index is 0.132. The molecule has 2 heteroatoms. The average molecular weight is 191 g/mol. The maximum atomic E-state index is 11.9. The Morgan fingerprint density at radius 1 is 1.21 bits per heavy atom. The molecule has 0 fully saturated rings. The van der Waals surface area contributed by atoms with Crippen LogP contribution in [0.4, 0.5) is 5.69 Å². The zero-order valence-corrected chi connectivity index (χ0v) is 9.22. The molecule has 0 radical (unpaired) electrons. The van der Waals surface area contributed by atoms with Gasteiger partial charge in [0.05, 0.1) is 0 Å². The average Bonchev–Trinajstić information content (AvgIpc) is 1.99. The first kappa shape index (κ1) is 10.8. The van der Waals surface area contributed by atoms with Gasteiger partial charge in [0.2, 0.25) is 0 Å². The number of Topliss-reactive ketones (excluding diaryl/α,β-unsaturated/α-hetero) is 1. The second kappa shape index (κ2) is 3.45. The molecule has 0 atom stereocenters. The number of ketones is 1. The molecule has 0 saturated carbocycles. The van der Waals surface area contributed by atoms with E-state index in [9.17, 15) is 4.79 Å². The van der Waals surface area contributed by atoms with Crippen molar-refractivity contribution in [1.82, 2.24) is 0 Å². The SMILES string of the molecule is Cc1cc(N)cc(C(=O)C(C)(C)C)c1. The van der Waals surface area contributed by atoms with Crippen molar-refractivity contribution in [1.29, 1.82) is 0 Å². The van der Waals surface area contributed by atoms with E-state index in [1.54, 1.807) is 6.07 Å². The summed E-state index contributed by atoms with van der Waals surface area (Å²) >= 11 is 0. The standard InChI is InChI=1S/C12H17NO/c1-8-5-9(7-10(13)6-8)11(14)12(2,3)4/h5-7H,13H2,1-4H3. The number of carbonyl (C=O) groups excluding carboxylic acids is 1. The number of hydrogen-bond acceptors (Lipinski definition) is 2. The molecule has 1 rings (SSSR count). The molecular formula is C12H17NO. The molecule has 0 saturated heterocycles. The Morgan fingerprint density at radius 2 is 1.79 bits per heavy atom. The molecule has 14 heavy (non-hydrogen) atoms. The van der Waals surface area contributed by atoms with Gasteiger partial charge in [0.1, 0.15) is 0 Å². The van der Waals surface area contributed by atoms with Crippen molar-refractivity contribution >= 4 is 11.5 Å². The van der Waals surface area contributed by atoms with Crippen LogP contribution in [0, 0.1) is 12.3 Å². The summed E-state index contributed by atoms with van der Waals surface area (Å²) < 4.78 is 0. The van der Waals surface area contributed by atoms with E-state index >= 15 is 0 Å². The molecule has 1 aromatic carbocycles. The zero-order chi connectivity index (χ0) is 10.9. The van der Waals surface area contributed by atoms with Gasteiger partial charge in [0.25, 0.3) is 0 Å². The first-order valence-corrected chi connectivity index (χ1v) is 4.72. The summed E-state index contributed by atoms with van der Waals surface area (Å²) in [5.74, 6) is 0.132. The highest BCUT2D eigenvalue weighted by molar-refractivity contribution is 6.00. The maximum Gasteiger partial charge on any atom is 0.168 e. The van der Waals surface area contributed by atoms with E-state index in [1.165, 1.54) is 0 Å². The van der Waals surface area contributed by atoms with Gasteiger partial charge in [-0.1, -0.05) is 20.8 Å². The van der Waals surface area contributed by atoms with E-state index in [-0.39, 0.29) is 11.2 Å². The summed E-state index contributed by atoms with van der Waals surface area (Å²) in [6, 6.07) is 5.48. The van der Waals surface area contributed by atoms with E-state index < -0.39 is 0 Å². The van der Waals surface area contributed by atoms with Crippen molar-refractivity contribution in [2.24, 2.45) is 5.41 Å². The van der Waals surface area contributed by atoms with Gasteiger partial charge in [-0.15, -0.1) is 0 Å². The van der Waals surface area contributed by atoms with Gasteiger partial charge in [0, 0.05) is 16.7 Å². The van der Waals surface area contributed by atoms with E-state index in [2.05, 4.69) is 0 Å². The van der Waals surface area contributed by atoms with Crippen LogP contribution in [0.25, 0.3) is 0 Å². The fourth-order valence-corrected chi connectivity index (χ4v) is 1.38. The summed E-state index contributed by atoms with van der Waals surface area (Å²) in [6.45, 7) is 7.67. The molecule has 1 aromatic rings. The Labute approximate surface area is 85.1 Å².